The lowest BCUT2D eigenvalue weighted by atomic mass is 10.2. The molecule has 0 spiro atoms. The topological polar surface area (TPSA) is 96.4 Å². The molecule has 1 aliphatic heterocycles. The molecule has 0 N–H and O–H groups in total. The maximum Gasteiger partial charge on any atom is 0.214 e. The van der Waals surface area contributed by atoms with Crippen LogP contribution in [0.5, 0.6) is 5.75 Å². The number of rotatable bonds is 7. The highest BCUT2D eigenvalue weighted by Crippen LogP contribution is 2.38. The zero-order valence-electron chi connectivity index (χ0n) is 16.1. The Hall–Kier alpha value is -2.92. The van der Waals surface area contributed by atoms with E-state index in [1.165, 1.54) is 0 Å². The third-order valence-corrected chi connectivity index (χ3v) is 6.75. The molecule has 3 aromatic heterocycles. The van der Waals surface area contributed by atoms with Gasteiger partial charge in [-0.3, -0.25) is 9.55 Å². The monoisotopic (exact) mass is 438 g/mol. The molecule has 4 heterocycles. The maximum absolute atomic E-state index is 5.74. The molecule has 1 aliphatic rings. The van der Waals surface area contributed by atoms with Gasteiger partial charge in [0.05, 0.1) is 12.6 Å². The van der Waals surface area contributed by atoms with E-state index in [4.69, 9.17) is 4.74 Å². The van der Waals surface area contributed by atoms with Gasteiger partial charge in [0.25, 0.3) is 0 Å². The standard InChI is InChI=1S/C19H18N8OS2/c1-2-28-16-8-4-3-7-15(16)27-19(23-24-25-27)30-12-14-11-29-18-22-21-17(26(14)18)13-6-5-9-20-10-13/h3-10,14H,2,11-12H2,1H3. The summed E-state index contributed by atoms with van der Waals surface area (Å²) in [5.41, 5.74) is 1.79. The Kier molecular flexibility index (Phi) is 5.37. The summed E-state index contributed by atoms with van der Waals surface area (Å²) in [5, 5.41) is 22.7. The zero-order valence-corrected chi connectivity index (χ0v) is 17.8. The van der Waals surface area contributed by atoms with Gasteiger partial charge in [0.2, 0.25) is 5.16 Å². The molecule has 0 aliphatic carbocycles. The molecule has 4 aromatic rings. The fourth-order valence-corrected chi connectivity index (χ4v) is 5.46. The van der Waals surface area contributed by atoms with Gasteiger partial charge in [0.15, 0.2) is 11.0 Å². The molecule has 1 atom stereocenters. The molecule has 11 heteroatoms. The van der Waals surface area contributed by atoms with E-state index >= 15 is 0 Å². The summed E-state index contributed by atoms with van der Waals surface area (Å²) < 4.78 is 9.66. The molecule has 9 nitrogen and oxygen atoms in total. The lowest BCUT2D eigenvalue weighted by Gasteiger charge is -2.14. The van der Waals surface area contributed by atoms with Crippen LogP contribution in [0.1, 0.15) is 13.0 Å². The van der Waals surface area contributed by atoms with Crippen LogP contribution in [-0.4, -0.2) is 58.1 Å². The van der Waals surface area contributed by atoms with Crippen LogP contribution in [0.15, 0.2) is 59.1 Å². The van der Waals surface area contributed by atoms with E-state index in [0.29, 0.717) is 6.61 Å². The van der Waals surface area contributed by atoms with Crippen molar-refractivity contribution >= 4 is 23.5 Å². The third kappa shape index (κ3) is 3.54. The number of nitrogens with zero attached hydrogens (tertiary/aromatic N) is 8. The van der Waals surface area contributed by atoms with Gasteiger partial charge >= 0.3 is 0 Å². The molecule has 5 rings (SSSR count). The van der Waals surface area contributed by atoms with Gasteiger partial charge in [-0.05, 0) is 41.6 Å². The highest BCUT2D eigenvalue weighted by Gasteiger charge is 2.29. The average molecular weight is 439 g/mol. The first-order valence-corrected chi connectivity index (χ1v) is 11.4. The molecule has 0 bridgehead atoms. The Morgan fingerprint density at radius 1 is 1.17 bits per heavy atom. The summed E-state index contributed by atoms with van der Waals surface area (Å²) in [6, 6.07) is 11.9. The van der Waals surface area contributed by atoms with Gasteiger partial charge in [0.1, 0.15) is 11.4 Å². The van der Waals surface area contributed by atoms with Crippen molar-refractivity contribution in [3.8, 4) is 22.8 Å². The quantitative estimate of drug-likeness (QED) is 0.403. The van der Waals surface area contributed by atoms with Crippen molar-refractivity contribution in [2.45, 2.75) is 23.3 Å². The Labute approximate surface area is 181 Å². The molecule has 152 valence electrons. The fraction of sp³-hybridized carbons (Fsp3) is 0.263. The van der Waals surface area contributed by atoms with Crippen LogP contribution < -0.4 is 4.74 Å². The number of thioether (sulfide) groups is 2. The molecule has 0 saturated heterocycles. The minimum Gasteiger partial charge on any atom is -0.492 e. The van der Waals surface area contributed by atoms with Gasteiger partial charge in [-0.25, -0.2) is 0 Å². The lowest BCUT2D eigenvalue weighted by molar-refractivity contribution is 0.337. The molecule has 0 fully saturated rings. The van der Waals surface area contributed by atoms with Crippen LogP contribution in [0.2, 0.25) is 0 Å². The highest BCUT2D eigenvalue weighted by atomic mass is 32.2. The Balaban J connectivity index is 1.38. The predicted molar refractivity (Wildman–Crippen MR) is 114 cm³/mol. The van der Waals surface area contributed by atoms with Crippen molar-refractivity contribution < 1.29 is 4.74 Å². The summed E-state index contributed by atoms with van der Waals surface area (Å²) >= 11 is 3.32. The van der Waals surface area contributed by atoms with Crippen molar-refractivity contribution in [3.05, 3.63) is 48.8 Å². The minimum absolute atomic E-state index is 0.229. The summed E-state index contributed by atoms with van der Waals surface area (Å²) in [6.07, 6.45) is 3.57. The van der Waals surface area contributed by atoms with Crippen molar-refractivity contribution in [3.63, 3.8) is 0 Å². The molecule has 1 unspecified atom stereocenters. The second kappa shape index (κ2) is 8.44. The molecule has 0 saturated carbocycles. The number of hydrogen-bond donors (Lipinski definition) is 0. The fourth-order valence-electron chi connectivity index (χ4n) is 3.26. The first-order chi connectivity index (χ1) is 14.8. The molecule has 0 radical (unpaired) electrons. The Bertz CT molecular complexity index is 1150. The van der Waals surface area contributed by atoms with E-state index in [1.54, 1.807) is 34.4 Å². The summed E-state index contributed by atoms with van der Waals surface area (Å²) in [7, 11) is 0. The van der Waals surface area contributed by atoms with E-state index in [9.17, 15) is 0 Å². The molecular weight excluding hydrogens is 420 g/mol. The molecule has 0 amide bonds. The van der Waals surface area contributed by atoms with Crippen LogP contribution in [0.25, 0.3) is 17.1 Å². The minimum atomic E-state index is 0.229. The van der Waals surface area contributed by atoms with Gasteiger partial charge < -0.3 is 4.74 Å². The van der Waals surface area contributed by atoms with Gasteiger partial charge in [0, 0.05) is 29.5 Å². The van der Waals surface area contributed by atoms with Crippen molar-refractivity contribution in [1.82, 2.24) is 40.0 Å². The lowest BCUT2D eigenvalue weighted by Crippen LogP contribution is -2.12. The highest BCUT2D eigenvalue weighted by molar-refractivity contribution is 8.00. The summed E-state index contributed by atoms with van der Waals surface area (Å²) in [4.78, 5) is 4.21. The predicted octanol–water partition coefficient (Wildman–Crippen LogP) is 3.15. The second-order valence-electron chi connectivity index (χ2n) is 6.47. The van der Waals surface area contributed by atoms with Crippen LogP contribution in [-0.2, 0) is 0 Å². The maximum atomic E-state index is 5.74. The van der Waals surface area contributed by atoms with Crippen LogP contribution in [0.4, 0.5) is 0 Å². The number of tetrazole rings is 1. The Morgan fingerprint density at radius 2 is 2.10 bits per heavy atom. The molecular formula is C19H18N8OS2. The zero-order chi connectivity index (χ0) is 20.3. The van der Waals surface area contributed by atoms with Crippen molar-refractivity contribution in [1.29, 1.82) is 0 Å². The normalized spacial score (nSPS) is 15.3. The summed E-state index contributed by atoms with van der Waals surface area (Å²) in [5.74, 6) is 3.32. The number of pyridine rings is 1. The van der Waals surface area contributed by atoms with E-state index in [-0.39, 0.29) is 6.04 Å². The summed E-state index contributed by atoms with van der Waals surface area (Å²) in [6.45, 7) is 2.54. The number of benzene rings is 1. The van der Waals surface area contributed by atoms with Crippen LogP contribution >= 0.6 is 23.5 Å². The largest absolute Gasteiger partial charge is 0.492 e. The van der Waals surface area contributed by atoms with Gasteiger partial charge in [-0.15, -0.1) is 15.3 Å². The molecule has 1 aromatic carbocycles. The smallest absolute Gasteiger partial charge is 0.214 e. The van der Waals surface area contributed by atoms with Gasteiger partial charge in [-0.2, -0.15) is 4.68 Å². The molecule has 30 heavy (non-hydrogen) atoms. The first kappa shape index (κ1) is 19.1. The SMILES string of the molecule is CCOc1ccccc1-n1nnnc1SCC1CSc2nnc(-c3cccnc3)n21. The number of para-hydroxylation sites is 2. The average Bonchev–Trinajstić information content (AvgIpc) is 3.50. The Morgan fingerprint density at radius 3 is 2.97 bits per heavy atom. The van der Waals surface area contributed by atoms with Gasteiger partial charge in [-0.1, -0.05) is 35.7 Å². The number of aromatic nitrogens is 8. The van der Waals surface area contributed by atoms with Crippen LogP contribution in [0.3, 0.4) is 0 Å². The third-order valence-electron chi connectivity index (χ3n) is 4.59. The van der Waals surface area contributed by atoms with E-state index in [2.05, 4.69) is 35.3 Å². The van der Waals surface area contributed by atoms with E-state index in [1.807, 2.05) is 49.5 Å². The second-order valence-corrected chi connectivity index (χ2v) is 8.44. The number of ether oxygens (including phenoxy) is 1. The number of fused-ring (bicyclic) bond motifs is 1. The van der Waals surface area contributed by atoms with Crippen molar-refractivity contribution in [2.24, 2.45) is 0 Å². The van der Waals surface area contributed by atoms with E-state index in [0.717, 1.165) is 44.6 Å². The number of hydrogen-bond acceptors (Lipinski definition) is 9. The van der Waals surface area contributed by atoms with Crippen LogP contribution in [0, 0.1) is 0 Å². The van der Waals surface area contributed by atoms with Crippen molar-refractivity contribution in [2.75, 3.05) is 18.1 Å². The first-order valence-electron chi connectivity index (χ1n) is 9.46. The van der Waals surface area contributed by atoms with E-state index < -0.39 is 0 Å².